The number of hydrogen-bond donors (Lipinski definition) is 1. The van der Waals surface area contributed by atoms with Gasteiger partial charge in [-0.25, -0.2) is 4.39 Å². The lowest BCUT2D eigenvalue weighted by Crippen LogP contribution is -2.05. The fourth-order valence-electron chi connectivity index (χ4n) is 1.59. The van der Waals surface area contributed by atoms with Crippen molar-refractivity contribution in [1.82, 2.24) is 5.32 Å². The molecule has 0 fully saturated rings. The molecule has 2 aromatic rings. The van der Waals surface area contributed by atoms with Gasteiger partial charge in [0.25, 0.3) is 0 Å². The molecule has 0 spiro atoms. The molecule has 0 saturated carbocycles. The molecule has 0 unspecified atom stereocenters. The second-order valence-electron chi connectivity index (χ2n) is 3.82. The van der Waals surface area contributed by atoms with Crippen molar-refractivity contribution in [3.63, 3.8) is 0 Å². The maximum Gasteiger partial charge on any atom is 0.127 e. The fourth-order valence-corrected chi connectivity index (χ4v) is 2.59. The van der Waals surface area contributed by atoms with Crippen LogP contribution in [0.15, 0.2) is 30.3 Å². The number of ether oxygens (including phenoxy) is 1. The number of nitrogens with one attached hydrogen (secondary N) is 1. The van der Waals surface area contributed by atoms with Crippen molar-refractivity contribution in [1.29, 1.82) is 0 Å². The third-order valence-electron chi connectivity index (χ3n) is 2.32. The van der Waals surface area contributed by atoms with Gasteiger partial charge < -0.3 is 10.1 Å². The molecule has 1 N–H and O–H groups in total. The molecule has 0 bridgehead atoms. The molecule has 2 nitrogen and oxygen atoms in total. The standard InChI is InChI=1S/C13H13ClFNOS/c1-16-7-9-4-10(15)6-11(5-9)17-8-12-2-3-13(14)18-12/h2-6,16H,7-8H2,1H3. The molecular weight excluding hydrogens is 273 g/mol. The van der Waals surface area contributed by atoms with Crippen LogP contribution in [0.25, 0.3) is 0 Å². The minimum absolute atomic E-state index is 0.290. The summed E-state index contributed by atoms with van der Waals surface area (Å²) in [5, 5.41) is 2.98. The number of thiophene rings is 1. The second-order valence-corrected chi connectivity index (χ2v) is 5.62. The van der Waals surface area contributed by atoms with E-state index in [1.165, 1.54) is 23.5 Å². The highest BCUT2D eigenvalue weighted by Crippen LogP contribution is 2.24. The molecule has 96 valence electrons. The minimum atomic E-state index is -0.290. The van der Waals surface area contributed by atoms with Crippen LogP contribution in [-0.4, -0.2) is 7.05 Å². The van der Waals surface area contributed by atoms with Crippen LogP contribution >= 0.6 is 22.9 Å². The molecule has 1 aromatic heterocycles. The molecular formula is C13H13ClFNOS. The van der Waals surface area contributed by atoms with Gasteiger partial charge in [0.2, 0.25) is 0 Å². The minimum Gasteiger partial charge on any atom is -0.488 e. The lowest BCUT2D eigenvalue weighted by molar-refractivity contribution is 0.307. The quantitative estimate of drug-likeness (QED) is 0.901. The van der Waals surface area contributed by atoms with Gasteiger partial charge in [0, 0.05) is 17.5 Å². The van der Waals surface area contributed by atoms with Crippen molar-refractivity contribution in [3.05, 3.63) is 50.9 Å². The first-order valence-corrected chi connectivity index (χ1v) is 6.68. The molecule has 0 aliphatic carbocycles. The highest BCUT2D eigenvalue weighted by Gasteiger charge is 2.03. The zero-order valence-corrected chi connectivity index (χ0v) is 11.4. The predicted octanol–water partition coefficient (Wildman–Crippen LogP) is 3.84. The monoisotopic (exact) mass is 285 g/mol. The first-order chi connectivity index (χ1) is 8.67. The summed E-state index contributed by atoms with van der Waals surface area (Å²) in [5.74, 6) is 0.242. The smallest absolute Gasteiger partial charge is 0.127 e. The number of rotatable bonds is 5. The summed E-state index contributed by atoms with van der Waals surface area (Å²) in [6.45, 7) is 1.01. The molecule has 1 heterocycles. The third kappa shape index (κ3) is 3.70. The summed E-state index contributed by atoms with van der Waals surface area (Å²) in [6.07, 6.45) is 0. The third-order valence-corrected chi connectivity index (χ3v) is 3.53. The predicted molar refractivity (Wildman–Crippen MR) is 72.8 cm³/mol. The Labute approximate surface area is 114 Å². The van der Waals surface area contributed by atoms with E-state index in [0.29, 0.717) is 18.9 Å². The van der Waals surface area contributed by atoms with Crippen molar-refractivity contribution < 1.29 is 9.13 Å². The first-order valence-electron chi connectivity index (χ1n) is 5.48. The summed E-state index contributed by atoms with van der Waals surface area (Å²) in [6, 6.07) is 8.43. The number of benzene rings is 1. The number of hydrogen-bond acceptors (Lipinski definition) is 3. The maximum absolute atomic E-state index is 13.4. The maximum atomic E-state index is 13.4. The molecule has 1 aromatic carbocycles. The number of halogens is 2. The molecule has 0 amide bonds. The molecule has 0 radical (unpaired) electrons. The van der Waals surface area contributed by atoms with E-state index in [0.717, 1.165) is 14.8 Å². The lowest BCUT2D eigenvalue weighted by atomic mass is 10.2. The summed E-state index contributed by atoms with van der Waals surface area (Å²) < 4.78 is 19.6. The van der Waals surface area contributed by atoms with Crippen LogP contribution in [0.2, 0.25) is 4.34 Å². The van der Waals surface area contributed by atoms with Crippen LogP contribution in [0.3, 0.4) is 0 Å². The van der Waals surface area contributed by atoms with Crippen LogP contribution in [-0.2, 0) is 13.2 Å². The summed E-state index contributed by atoms with van der Waals surface area (Å²) in [4.78, 5) is 1.01. The Balaban J connectivity index is 2.04. The normalized spacial score (nSPS) is 10.6. The van der Waals surface area contributed by atoms with Gasteiger partial charge in [-0.2, -0.15) is 0 Å². The van der Waals surface area contributed by atoms with E-state index >= 15 is 0 Å². The summed E-state index contributed by atoms with van der Waals surface area (Å²) in [7, 11) is 1.82. The molecule has 0 aliphatic heterocycles. The molecule has 5 heteroatoms. The largest absolute Gasteiger partial charge is 0.488 e. The Hall–Kier alpha value is -1.10. The van der Waals surface area contributed by atoms with E-state index in [1.807, 2.05) is 25.2 Å². The van der Waals surface area contributed by atoms with Gasteiger partial charge in [0.05, 0.1) is 4.34 Å². The van der Waals surface area contributed by atoms with E-state index in [1.54, 1.807) is 0 Å². The van der Waals surface area contributed by atoms with E-state index in [9.17, 15) is 4.39 Å². The van der Waals surface area contributed by atoms with Gasteiger partial charge in [-0.1, -0.05) is 11.6 Å². The SMILES string of the molecule is CNCc1cc(F)cc(OCc2ccc(Cl)s2)c1. The van der Waals surface area contributed by atoms with Gasteiger partial charge in [-0.05, 0) is 36.9 Å². The Morgan fingerprint density at radius 2 is 2.17 bits per heavy atom. The van der Waals surface area contributed by atoms with Crippen molar-refractivity contribution in [2.75, 3.05) is 7.05 Å². The average Bonchev–Trinajstić information content (AvgIpc) is 2.72. The zero-order valence-electron chi connectivity index (χ0n) is 9.87. The van der Waals surface area contributed by atoms with E-state index in [4.69, 9.17) is 16.3 Å². The van der Waals surface area contributed by atoms with Crippen LogP contribution in [0.1, 0.15) is 10.4 Å². The van der Waals surface area contributed by atoms with Gasteiger partial charge in [-0.15, -0.1) is 11.3 Å². The van der Waals surface area contributed by atoms with E-state index in [2.05, 4.69) is 5.32 Å². The first kappa shape index (κ1) is 13.3. The van der Waals surface area contributed by atoms with Crippen LogP contribution in [0.4, 0.5) is 4.39 Å². The molecule has 2 rings (SSSR count). The van der Waals surface area contributed by atoms with Crippen LogP contribution in [0.5, 0.6) is 5.75 Å². The second kappa shape index (κ2) is 6.18. The highest BCUT2D eigenvalue weighted by atomic mass is 35.5. The summed E-state index contributed by atoms with van der Waals surface area (Å²) in [5.41, 5.74) is 0.858. The Bertz CT molecular complexity index is 529. The summed E-state index contributed by atoms with van der Waals surface area (Å²) >= 11 is 7.29. The van der Waals surface area contributed by atoms with Gasteiger partial charge in [0.15, 0.2) is 0 Å². The van der Waals surface area contributed by atoms with Crippen LogP contribution in [0, 0.1) is 5.82 Å². The Morgan fingerprint density at radius 1 is 1.33 bits per heavy atom. The van der Waals surface area contributed by atoms with Crippen LogP contribution < -0.4 is 10.1 Å². The highest BCUT2D eigenvalue weighted by molar-refractivity contribution is 7.16. The Kier molecular flexibility index (Phi) is 4.58. The van der Waals surface area contributed by atoms with E-state index < -0.39 is 0 Å². The zero-order chi connectivity index (χ0) is 13.0. The van der Waals surface area contributed by atoms with Gasteiger partial charge >= 0.3 is 0 Å². The van der Waals surface area contributed by atoms with Gasteiger partial charge in [-0.3, -0.25) is 0 Å². The van der Waals surface area contributed by atoms with Gasteiger partial charge in [0.1, 0.15) is 18.2 Å². The molecule has 0 atom stereocenters. The molecule has 0 saturated heterocycles. The van der Waals surface area contributed by atoms with Crippen molar-refractivity contribution in [3.8, 4) is 5.75 Å². The molecule has 18 heavy (non-hydrogen) atoms. The topological polar surface area (TPSA) is 21.3 Å². The van der Waals surface area contributed by atoms with Crippen molar-refractivity contribution in [2.24, 2.45) is 0 Å². The lowest BCUT2D eigenvalue weighted by Gasteiger charge is -2.07. The van der Waals surface area contributed by atoms with Crippen molar-refractivity contribution in [2.45, 2.75) is 13.2 Å². The van der Waals surface area contributed by atoms with Crippen molar-refractivity contribution >= 4 is 22.9 Å². The average molecular weight is 286 g/mol. The fraction of sp³-hybridized carbons (Fsp3) is 0.231. The van der Waals surface area contributed by atoms with E-state index in [-0.39, 0.29) is 5.82 Å². The Morgan fingerprint density at radius 3 is 2.83 bits per heavy atom. The molecule has 0 aliphatic rings.